The zero-order valence-corrected chi connectivity index (χ0v) is 13.5. The summed E-state index contributed by atoms with van der Waals surface area (Å²) in [5.41, 5.74) is 2.58. The van der Waals surface area contributed by atoms with Crippen LogP contribution in [0.4, 0.5) is 0 Å². The minimum absolute atomic E-state index is 0.0173. The lowest BCUT2D eigenvalue weighted by Gasteiger charge is -2.25. The Balaban J connectivity index is 2.09. The molecule has 0 amide bonds. The van der Waals surface area contributed by atoms with Gasteiger partial charge in [0.05, 0.1) is 6.04 Å². The van der Waals surface area contributed by atoms with Crippen molar-refractivity contribution < 1.29 is 4.74 Å². The maximum Gasteiger partial charge on any atom is 0.119 e. The molecule has 3 heteroatoms. The Labute approximate surface area is 132 Å². The first-order chi connectivity index (χ1) is 10.1. The molecule has 2 aromatic carbocycles. The van der Waals surface area contributed by atoms with E-state index in [9.17, 15) is 0 Å². The summed E-state index contributed by atoms with van der Waals surface area (Å²) in [5, 5.41) is 4.05. The van der Waals surface area contributed by atoms with E-state index in [-0.39, 0.29) is 12.1 Å². The first-order valence-electron chi connectivity index (χ1n) is 7.32. The molecule has 112 valence electrons. The number of benzene rings is 2. The normalized spacial score (nSPS) is 13.7. The fourth-order valence-electron chi connectivity index (χ4n) is 2.43. The standard InChI is InChI=1S/C18H22ClNO/c1-4-14-5-7-15(8-6-14)18(20-3)13(2)21-17-11-9-16(19)10-12-17/h5-13,18,20H,4H2,1-3H3. The summed E-state index contributed by atoms with van der Waals surface area (Å²) in [4.78, 5) is 0. The van der Waals surface area contributed by atoms with Crippen LogP contribution in [-0.2, 0) is 6.42 Å². The van der Waals surface area contributed by atoms with Crippen LogP contribution in [0, 0.1) is 0 Å². The maximum absolute atomic E-state index is 6.01. The predicted molar refractivity (Wildman–Crippen MR) is 89.2 cm³/mol. The van der Waals surface area contributed by atoms with Crippen molar-refractivity contribution in [1.82, 2.24) is 5.32 Å². The van der Waals surface area contributed by atoms with Crippen molar-refractivity contribution in [3.8, 4) is 5.75 Å². The third-order valence-corrected chi connectivity index (χ3v) is 3.92. The smallest absolute Gasteiger partial charge is 0.119 e. The van der Waals surface area contributed by atoms with Gasteiger partial charge in [0.25, 0.3) is 0 Å². The van der Waals surface area contributed by atoms with Gasteiger partial charge in [-0.3, -0.25) is 0 Å². The number of rotatable bonds is 6. The predicted octanol–water partition coefficient (Wildman–Crippen LogP) is 4.63. The molecule has 0 fully saturated rings. The van der Waals surface area contributed by atoms with E-state index in [2.05, 4.69) is 43.4 Å². The SMILES string of the molecule is CCc1ccc(C(NC)C(C)Oc2ccc(Cl)cc2)cc1. The summed E-state index contributed by atoms with van der Waals surface area (Å²) in [7, 11) is 1.96. The first kappa shape index (κ1) is 15.9. The van der Waals surface area contributed by atoms with Gasteiger partial charge in [-0.2, -0.15) is 0 Å². The Bertz CT molecular complexity index is 550. The van der Waals surface area contributed by atoms with Crippen LogP contribution in [0.1, 0.15) is 31.0 Å². The van der Waals surface area contributed by atoms with Crippen molar-refractivity contribution in [3.05, 3.63) is 64.7 Å². The topological polar surface area (TPSA) is 21.3 Å². The number of likely N-dealkylation sites (N-methyl/N-ethyl adjacent to an activating group) is 1. The van der Waals surface area contributed by atoms with Gasteiger partial charge in [-0.05, 0) is 55.8 Å². The van der Waals surface area contributed by atoms with Crippen molar-refractivity contribution in [3.63, 3.8) is 0 Å². The van der Waals surface area contributed by atoms with E-state index in [1.807, 2.05) is 31.3 Å². The van der Waals surface area contributed by atoms with Gasteiger partial charge in [0.15, 0.2) is 0 Å². The molecule has 0 heterocycles. The highest BCUT2D eigenvalue weighted by Crippen LogP contribution is 2.23. The summed E-state index contributed by atoms with van der Waals surface area (Å²) in [6.07, 6.45) is 1.07. The van der Waals surface area contributed by atoms with Gasteiger partial charge in [0.1, 0.15) is 11.9 Å². The number of hydrogen-bond acceptors (Lipinski definition) is 2. The molecule has 0 aliphatic carbocycles. The van der Waals surface area contributed by atoms with E-state index in [1.165, 1.54) is 11.1 Å². The second-order valence-corrected chi connectivity index (χ2v) is 5.57. The Hall–Kier alpha value is -1.51. The lowest BCUT2D eigenvalue weighted by molar-refractivity contribution is 0.175. The molecule has 2 unspecified atom stereocenters. The highest BCUT2D eigenvalue weighted by atomic mass is 35.5. The van der Waals surface area contributed by atoms with E-state index >= 15 is 0 Å². The summed E-state index contributed by atoms with van der Waals surface area (Å²) in [5.74, 6) is 0.831. The van der Waals surface area contributed by atoms with Crippen molar-refractivity contribution in [2.75, 3.05) is 7.05 Å². The van der Waals surface area contributed by atoms with Gasteiger partial charge >= 0.3 is 0 Å². The highest BCUT2D eigenvalue weighted by molar-refractivity contribution is 6.30. The minimum Gasteiger partial charge on any atom is -0.489 e. The Kier molecular flexibility index (Phi) is 5.66. The van der Waals surface area contributed by atoms with Crippen LogP contribution in [0.5, 0.6) is 5.75 Å². The number of hydrogen-bond donors (Lipinski definition) is 1. The highest BCUT2D eigenvalue weighted by Gasteiger charge is 2.19. The van der Waals surface area contributed by atoms with E-state index in [0.29, 0.717) is 0 Å². The number of halogens is 1. The Morgan fingerprint density at radius 2 is 1.67 bits per heavy atom. The van der Waals surface area contributed by atoms with Crippen LogP contribution < -0.4 is 10.1 Å². The van der Waals surface area contributed by atoms with Crippen molar-refractivity contribution in [1.29, 1.82) is 0 Å². The molecule has 21 heavy (non-hydrogen) atoms. The lowest BCUT2D eigenvalue weighted by atomic mass is 10.0. The minimum atomic E-state index is 0.0173. The van der Waals surface area contributed by atoms with Crippen LogP contribution in [-0.4, -0.2) is 13.2 Å². The molecule has 1 N–H and O–H groups in total. The van der Waals surface area contributed by atoms with Crippen LogP contribution in [0.25, 0.3) is 0 Å². The van der Waals surface area contributed by atoms with E-state index < -0.39 is 0 Å². The van der Waals surface area contributed by atoms with E-state index in [4.69, 9.17) is 16.3 Å². The quantitative estimate of drug-likeness (QED) is 0.840. The summed E-state index contributed by atoms with van der Waals surface area (Å²) < 4.78 is 6.01. The molecule has 0 spiro atoms. The summed E-state index contributed by atoms with van der Waals surface area (Å²) >= 11 is 5.89. The molecule has 2 rings (SSSR count). The number of ether oxygens (including phenoxy) is 1. The average Bonchev–Trinajstić information content (AvgIpc) is 2.51. The molecule has 0 aliphatic rings. The third-order valence-electron chi connectivity index (χ3n) is 3.66. The van der Waals surface area contributed by atoms with Gasteiger partial charge in [0, 0.05) is 5.02 Å². The van der Waals surface area contributed by atoms with Gasteiger partial charge in [0.2, 0.25) is 0 Å². The van der Waals surface area contributed by atoms with E-state index in [0.717, 1.165) is 17.2 Å². The van der Waals surface area contributed by atoms with Gasteiger partial charge in [-0.1, -0.05) is 42.8 Å². The van der Waals surface area contributed by atoms with Crippen molar-refractivity contribution in [2.24, 2.45) is 0 Å². The molecule has 2 atom stereocenters. The van der Waals surface area contributed by atoms with Crippen LogP contribution in [0.3, 0.4) is 0 Å². The molecule has 0 saturated heterocycles. The van der Waals surface area contributed by atoms with Crippen molar-refractivity contribution in [2.45, 2.75) is 32.4 Å². The first-order valence-corrected chi connectivity index (χ1v) is 7.70. The second kappa shape index (κ2) is 7.48. The van der Waals surface area contributed by atoms with Crippen LogP contribution >= 0.6 is 11.6 Å². The molecule has 0 saturated carbocycles. The lowest BCUT2D eigenvalue weighted by Crippen LogP contribution is -2.31. The van der Waals surface area contributed by atoms with Gasteiger partial charge < -0.3 is 10.1 Å². The molecule has 0 aliphatic heterocycles. The fraction of sp³-hybridized carbons (Fsp3) is 0.333. The summed E-state index contributed by atoms with van der Waals surface area (Å²) in [6, 6.07) is 16.3. The zero-order valence-electron chi connectivity index (χ0n) is 12.8. The van der Waals surface area contributed by atoms with Crippen molar-refractivity contribution >= 4 is 11.6 Å². The molecular weight excluding hydrogens is 282 g/mol. The average molecular weight is 304 g/mol. The summed E-state index contributed by atoms with van der Waals surface area (Å²) in [6.45, 7) is 4.24. The molecular formula is C18H22ClNO. The largest absolute Gasteiger partial charge is 0.489 e. The zero-order chi connectivity index (χ0) is 15.2. The molecule has 2 aromatic rings. The third kappa shape index (κ3) is 4.23. The van der Waals surface area contributed by atoms with Crippen LogP contribution in [0.2, 0.25) is 5.02 Å². The molecule has 2 nitrogen and oxygen atoms in total. The molecule has 0 bridgehead atoms. The molecule has 0 radical (unpaired) electrons. The van der Waals surface area contributed by atoms with Gasteiger partial charge in [-0.25, -0.2) is 0 Å². The number of aryl methyl sites for hydroxylation is 1. The monoisotopic (exact) mass is 303 g/mol. The van der Waals surface area contributed by atoms with E-state index in [1.54, 1.807) is 0 Å². The maximum atomic E-state index is 6.01. The Morgan fingerprint density at radius 3 is 2.19 bits per heavy atom. The molecule has 0 aromatic heterocycles. The Morgan fingerprint density at radius 1 is 1.05 bits per heavy atom. The fourth-order valence-corrected chi connectivity index (χ4v) is 2.55. The van der Waals surface area contributed by atoms with Gasteiger partial charge in [-0.15, -0.1) is 0 Å². The number of nitrogens with one attached hydrogen (secondary N) is 1. The van der Waals surface area contributed by atoms with Crippen LogP contribution in [0.15, 0.2) is 48.5 Å². The second-order valence-electron chi connectivity index (χ2n) is 5.14.